The summed E-state index contributed by atoms with van der Waals surface area (Å²) in [7, 11) is 0. The van der Waals surface area contributed by atoms with Gasteiger partial charge in [-0.1, -0.05) is 27.7 Å². The zero-order valence-corrected chi connectivity index (χ0v) is 13.1. The lowest BCUT2D eigenvalue weighted by atomic mass is 9.96. The molecule has 0 aromatic rings. The molecule has 118 valence electrons. The molecule has 0 heterocycles. The highest BCUT2D eigenvalue weighted by molar-refractivity contribution is 5.75. The van der Waals surface area contributed by atoms with Gasteiger partial charge >= 0.3 is 12.0 Å². The van der Waals surface area contributed by atoms with E-state index in [1.165, 1.54) is 0 Å². The first-order chi connectivity index (χ1) is 9.42. The first kappa shape index (κ1) is 18.7. The predicted octanol–water partition coefficient (Wildman–Crippen LogP) is 1.37. The van der Waals surface area contributed by atoms with E-state index in [-0.39, 0.29) is 18.5 Å². The molecule has 0 saturated heterocycles. The van der Waals surface area contributed by atoms with Gasteiger partial charge in [-0.2, -0.15) is 0 Å². The minimum atomic E-state index is -0.873. The minimum absolute atomic E-state index is 0.00420. The van der Waals surface area contributed by atoms with E-state index in [0.29, 0.717) is 6.54 Å². The SMILES string of the molecule is CCN(CC)CCCNC(=O)NCC(C(=O)O)C(C)C. The lowest BCUT2D eigenvalue weighted by molar-refractivity contribution is -0.142. The molecule has 0 bridgehead atoms. The molecule has 0 aromatic heterocycles. The van der Waals surface area contributed by atoms with Crippen molar-refractivity contribution in [3.05, 3.63) is 0 Å². The van der Waals surface area contributed by atoms with Gasteiger partial charge in [0.2, 0.25) is 0 Å². The van der Waals surface area contributed by atoms with Gasteiger partial charge in [-0.25, -0.2) is 4.79 Å². The Morgan fingerprint density at radius 1 is 1.15 bits per heavy atom. The number of hydrogen-bond acceptors (Lipinski definition) is 3. The van der Waals surface area contributed by atoms with Gasteiger partial charge in [-0.3, -0.25) is 4.79 Å². The molecule has 3 N–H and O–H groups in total. The Hall–Kier alpha value is -1.30. The Kier molecular flexibility index (Phi) is 9.80. The fourth-order valence-corrected chi connectivity index (χ4v) is 1.92. The Bertz CT molecular complexity index is 291. The van der Waals surface area contributed by atoms with Gasteiger partial charge in [-0.15, -0.1) is 0 Å². The van der Waals surface area contributed by atoms with Crippen molar-refractivity contribution in [2.45, 2.75) is 34.1 Å². The second-order valence-electron chi connectivity index (χ2n) is 5.21. The molecule has 0 aliphatic carbocycles. The summed E-state index contributed by atoms with van der Waals surface area (Å²) in [6.07, 6.45) is 0.891. The van der Waals surface area contributed by atoms with E-state index in [1.54, 1.807) is 0 Å². The number of carboxylic acid groups (broad SMARTS) is 1. The number of carbonyl (C=O) groups is 2. The molecular formula is C14H29N3O3. The van der Waals surface area contributed by atoms with Crippen LogP contribution in [-0.2, 0) is 4.79 Å². The molecule has 0 aliphatic heterocycles. The Morgan fingerprint density at radius 2 is 1.75 bits per heavy atom. The molecule has 0 aliphatic rings. The number of aliphatic carboxylic acids is 1. The van der Waals surface area contributed by atoms with Crippen LogP contribution < -0.4 is 10.6 Å². The largest absolute Gasteiger partial charge is 0.481 e. The molecule has 0 fully saturated rings. The van der Waals surface area contributed by atoms with E-state index in [2.05, 4.69) is 29.4 Å². The zero-order valence-electron chi connectivity index (χ0n) is 13.1. The lowest BCUT2D eigenvalue weighted by Crippen LogP contribution is -2.42. The highest BCUT2D eigenvalue weighted by atomic mass is 16.4. The maximum atomic E-state index is 11.5. The van der Waals surface area contributed by atoms with Crippen LogP contribution in [0.25, 0.3) is 0 Å². The van der Waals surface area contributed by atoms with Crippen LogP contribution in [0.3, 0.4) is 0 Å². The minimum Gasteiger partial charge on any atom is -0.481 e. The molecule has 1 unspecified atom stereocenters. The molecule has 0 rings (SSSR count). The zero-order chi connectivity index (χ0) is 15.5. The summed E-state index contributed by atoms with van der Waals surface area (Å²) < 4.78 is 0. The third-order valence-electron chi connectivity index (χ3n) is 3.44. The van der Waals surface area contributed by atoms with E-state index in [1.807, 2.05) is 13.8 Å². The molecule has 0 radical (unpaired) electrons. The van der Waals surface area contributed by atoms with E-state index < -0.39 is 11.9 Å². The maximum Gasteiger partial charge on any atom is 0.314 e. The average molecular weight is 287 g/mol. The summed E-state index contributed by atoms with van der Waals surface area (Å²) in [6.45, 7) is 11.6. The lowest BCUT2D eigenvalue weighted by Gasteiger charge is -2.18. The molecule has 0 aromatic carbocycles. The third kappa shape index (κ3) is 7.99. The molecule has 0 spiro atoms. The molecule has 6 nitrogen and oxygen atoms in total. The van der Waals surface area contributed by atoms with Crippen molar-refractivity contribution >= 4 is 12.0 Å². The summed E-state index contributed by atoms with van der Waals surface area (Å²) in [5.41, 5.74) is 0. The highest BCUT2D eigenvalue weighted by Crippen LogP contribution is 2.09. The Balaban J connectivity index is 3.81. The Morgan fingerprint density at radius 3 is 2.20 bits per heavy atom. The van der Waals surface area contributed by atoms with Gasteiger partial charge in [0, 0.05) is 13.1 Å². The number of nitrogens with one attached hydrogen (secondary N) is 2. The summed E-state index contributed by atoms with van der Waals surface area (Å²) in [6, 6.07) is -0.295. The molecule has 2 amide bonds. The van der Waals surface area contributed by atoms with Gasteiger partial charge in [0.05, 0.1) is 5.92 Å². The van der Waals surface area contributed by atoms with Crippen LogP contribution in [0.1, 0.15) is 34.1 Å². The van der Waals surface area contributed by atoms with Crippen LogP contribution in [-0.4, -0.2) is 54.7 Å². The predicted molar refractivity (Wildman–Crippen MR) is 79.8 cm³/mol. The van der Waals surface area contributed by atoms with Crippen molar-refractivity contribution in [3.8, 4) is 0 Å². The second-order valence-corrected chi connectivity index (χ2v) is 5.21. The number of nitrogens with zero attached hydrogens (tertiary/aromatic N) is 1. The summed E-state index contributed by atoms with van der Waals surface area (Å²) in [5, 5.41) is 14.4. The third-order valence-corrected chi connectivity index (χ3v) is 3.44. The second kappa shape index (κ2) is 10.5. The Labute approximate surface area is 121 Å². The smallest absolute Gasteiger partial charge is 0.314 e. The van der Waals surface area contributed by atoms with Crippen molar-refractivity contribution in [2.75, 3.05) is 32.7 Å². The van der Waals surface area contributed by atoms with Crippen LogP contribution >= 0.6 is 0 Å². The van der Waals surface area contributed by atoms with Crippen LogP contribution in [0.5, 0.6) is 0 Å². The number of amides is 2. The van der Waals surface area contributed by atoms with Crippen LogP contribution in [0, 0.1) is 11.8 Å². The quantitative estimate of drug-likeness (QED) is 0.530. The first-order valence-electron chi connectivity index (χ1n) is 7.39. The topological polar surface area (TPSA) is 81.7 Å². The van der Waals surface area contributed by atoms with Gasteiger partial charge in [0.15, 0.2) is 0 Å². The van der Waals surface area contributed by atoms with E-state index >= 15 is 0 Å². The van der Waals surface area contributed by atoms with E-state index in [4.69, 9.17) is 5.11 Å². The molecule has 1 atom stereocenters. The van der Waals surface area contributed by atoms with Crippen molar-refractivity contribution in [1.82, 2.24) is 15.5 Å². The van der Waals surface area contributed by atoms with Gasteiger partial charge < -0.3 is 20.6 Å². The maximum absolute atomic E-state index is 11.5. The number of hydrogen-bond donors (Lipinski definition) is 3. The molecular weight excluding hydrogens is 258 g/mol. The van der Waals surface area contributed by atoms with E-state index in [0.717, 1.165) is 26.1 Å². The van der Waals surface area contributed by atoms with Crippen LogP contribution in [0.15, 0.2) is 0 Å². The summed E-state index contributed by atoms with van der Waals surface area (Å²) in [4.78, 5) is 24.8. The average Bonchev–Trinajstić information content (AvgIpc) is 2.38. The fourth-order valence-electron chi connectivity index (χ4n) is 1.92. The van der Waals surface area contributed by atoms with Gasteiger partial charge in [0.1, 0.15) is 0 Å². The van der Waals surface area contributed by atoms with Crippen LogP contribution in [0.4, 0.5) is 4.79 Å². The van der Waals surface area contributed by atoms with Gasteiger partial charge in [0.25, 0.3) is 0 Å². The van der Waals surface area contributed by atoms with E-state index in [9.17, 15) is 9.59 Å². The van der Waals surface area contributed by atoms with Crippen molar-refractivity contribution < 1.29 is 14.7 Å². The van der Waals surface area contributed by atoms with Gasteiger partial charge in [-0.05, 0) is 32.0 Å². The monoisotopic (exact) mass is 287 g/mol. The normalized spacial score (nSPS) is 12.5. The first-order valence-corrected chi connectivity index (χ1v) is 7.39. The number of carboxylic acids is 1. The molecule has 0 saturated carbocycles. The number of rotatable bonds is 10. The fraction of sp³-hybridized carbons (Fsp3) is 0.857. The summed E-state index contributed by atoms with van der Waals surface area (Å²) in [5.74, 6) is -1.42. The standard InChI is InChI=1S/C14H29N3O3/c1-5-17(6-2)9-7-8-15-14(20)16-10-12(11(3)4)13(18)19/h11-12H,5-10H2,1-4H3,(H,18,19)(H2,15,16,20). The highest BCUT2D eigenvalue weighted by Gasteiger charge is 2.21. The van der Waals surface area contributed by atoms with Crippen molar-refractivity contribution in [3.63, 3.8) is 0 Å². The molecule has 20 heavy (non-hydrogen) atoms. The number of carbonyl (C=O) groups excluding carboxylic acids is 1. The number of urea groups is 1. The van der Waals surface area contributed by atoms with Crippen molar-refractivity contribution in [1.29, 1.82) is 0 Å². The van der Waals surface area contributed by atoms with Crippen LogP contribution in [0.2, 0.25) is 0 Å². The summed E-state index contributed by atoms with van der Waals surface area (Å²) >= 11 is 0. The van der Waals surface area contributed by atoms with Crippen molar-refractivity contribution in [2.24, 2.45) is 11.8 Å². The molecule has 6 heteroatoms.